The summed E-state index contributed by atoms with van der Waals surface area (Å²) < 4.78 is 5.64. The molecule has 3 heterocycles. The molecule has 2 N–H and O–H groups in total. The summed E-state index contributed by atoms with van der Waals surface area (Å²) in [7, 11) is 0. The maximum Gasteiger partial charge on any atom is 0.189 e. The van der Waals surface area contributed by atoms with E-state index in [1.54, 1.807) is 0 Å². The number of carbonyl (C=O) groups is 1. The summed E-state index contributed by atoms with van der Waals surface area (Å²) in [5, 5.41) is 4.62. The zero-order valence-electron chi connectivity index (χ0n) is 14.7. The molecule has 5 rings (SSSR count). The summed E-state index contributed by atoms with van der Waals surface area (Å²) in [6, 6.07) is 15.1. The molecular weight excluding hydrogens is 324 g/mol. The molecule has 2 aliphatic heterocycles. The monoisotopic (exact) mass is 346 g/mol. The van der Waals surface area contributed by atoms with Gasteiger partial charge in [0.1, 0.15) is 6.61 Å². The number of rotatable bonds is 2. The Hall–Kier alpha value is -2.43. The number of piperidine rings is 1. The van der Waals surface area contributed by atoms with Crippen LogP contribution >= 0.6 is 0 Å². The topological polar surface area (TPSA) is 54.1 Å². The highest BCUT2D eigenvalue weighted by Gasteiger charge is 2.23. The Labute approximate surface area is 152 Å². The number of H-pyrrole nitrogens is 1. The summed E-state index contributed by atoms with van der Waals surface area (Å²) >= 11 is 0. The van der Waals surface area contributed by atoms with Crippen LogP contribution in [0.25, 0.3) is 22.2 Å². The Balaban J connectivity index is 1.57. The van der Waals surface area contributed by atoms with Gasteiger partial charge in [-0.3, -0.25) is 4.79 Å². The van der Waals surface area contributed by atoms with E-state index in [-0.39, 0.29) is 12.4 Å². The van der Waals surface area contributed by atoms with Gasteiger partial charge in [-0.1, -0.05) is 42.8 Å². The minimum absolute atomic E-state index is 0.0543. The Morgan fingerprint density at radius 2 is 1.88 bits per heavy atom. The molecule has 2 aliphatic rings. The van der Waals surface area contributed by atoms with Crippen LogP contribution in [0.3, 0.4) is 0 Å². The first-order chi connectivity index (χ1) is 12.8. The van der Waals surface area contributed by atoms with Crippen molar-refractivity contribution in [1.82, 2.24) is 10.3 Å². The largest absolute Gasteiger partial charge is 0.369 e. The molecule has 0 radical (unpaired) electrons. The van der Waals surface area contributed by atoms with Crippen LogP contribution in [-0.2, 0) is 11.3 Å². The molecule has 0 bridgehead atoms. The van der Waals surface area contributed by atoms with E-state index in [1.165, 1.54) is 24.8 Å². The van der Waals surface area contributed by atoms with Crippen molar-refractivity contribution in [3.05, 3.63) is 59.2 Å². The minimum atomic E-state index is 0.0543. The van der Waals surface area contributed by atoms with Gasteiger partial charge in [-0.2, -0.15) is 0 Å². The number of nitrogens with one attached hydrogen (secondary N) is 2. The van der Waals surface area contributed by atoms with Gasteiger partial charge in [0.05, 0.1) is 12.3 Å². The maximum absolute atomic E-state index is 12.3. The van der Waals surface area contributed by atoms with Crippen molar-refractivity contribution >= 4 is 16.7 Å². The van der Waals surface area contributed by atoms with Crippen molar-refractivity contribution in [2.45, 2.75) is 31.9 Å². The minimum Gasteiger partial charge on any atom is -0.369 e. The SMILES string of the molecule is O=C1COCc2c(-c3ccc([C@@H]4CCCCN4)cc3)[nH]c3cccc1c23. The number of Topliss-reactive ketones (excluding diaryl/α,β-unsaturated/α-hetero) is 1. The summed E-state index contributed by atoms with van der Waals surface area (Å²) in [6.45, 7) is 1.72. The third-order valence-electron chi connectivity index (χ3n) is 5.62. The number of benzene rings is 2. The fourth-order valence-corrected chi connectivity index (χ4v) is 4.28. The molecule has 26 heavy (non-hydrogen) atoms. The third kappa shape index (κ3) is 2.57. The summed E-state index contributed by atoms with van der Waals surface area (Å²) in [5.74, 6) is 0.0543. The highest BCUT2D eigenvalue weighted by molar-refractivity contribution is 6.11. The lowest BCUT2D eigenvalue weighted by atomic mass is 9.95. The fourth-order valence-electron chi connectivity index (χ4n) is 4.28. The number of ketones is 1. The van der Waals surface area contributed by atoms with Crippen LogP contribution in [0.2, 0.25) is 0 Å². The van der Waals surface area contributed by atoms with Crippen LogP contribution in [0.4, 0.5) is 0 Å². The molecule has 1 saturated heterocycles. The van der Waals surface area contributed by atoms with Crippen molar-refractivity contribution in [3.63, 3.8) is 0 Å². The maximum atomic E-state index is 12.3. The highest BCUT2D eigenvalue weighted by atomic mass is 16.5. The van der Waals surface area contributed by atoms with E-state index < -0.39 is 0 Å². The van der Waals surface area contributed by atoms with E-state index in [4.69, 9.17) is 4.74 Å². The number of aromatic amines is 1. The Bertz CT molecular complexity index is 966. The molecule has 1 atom stereocenters. The average molecular weight is 346 g/mol. The molecule has 0 spiro atoms. The number of aromatic nitrogens is 1. The molecule has 2 aromatic carbocycles. The van der Waals surface area contributed by atoms with Crippen molar-refractivity contribution in [1.29, 1.82) is 0 Å². The van der Waals surface area contributed by atoms with Gasteiger partial charge in [0.2, 0.25) is 0 Å². The molecule has 3 aromatic rings. The molecule has 0 aliphatic carbocycles. The van der Waals surface area contributed by atoms with E-state index in [1.807, 2.05) is 18.2 Å². The predicted molar refractivity (Wildman–Crippen MR) is 102 cm³/mol. The zero-order chi connectivity index (χ0) is 17.5. The Morgan fingerprint density at radius 3 is 2.69 bits per heavy atom. The van der Waals surface area contributed by atoms with Crippen LogP contribution < -0.4 is 5.32 Å². The van der Waals surface area contributed by atoms with Gasteiger partial charge >= 0.3 is 0 Å². The van der Waals surface area contributed by atoms with E-state index in [0.29, 0.717) is 12.6 Å². The number of carbonyl (C=O) groups excluding carboxylic acids is 1. The van der Waals surface area contributed by atoms with Crippen molar-refractivity contribution in [3.8, 4) is 11.3 Å². The third-order valence-corrected chi connectivity index (χ3v) is 5.62. The van der Waals surface area contributed by atoms with Crippen LogP contribution in [0.5, 0.6) is 0 Å². The molecule has 132 valence electrons. The Morgan fingerprint density at radius 1 is 1.00 bits per heavy atom. The number of hydrogen-bond acceptors (Lipinski definition) is 3. The molecule has 0 amide bonds. The molecule has 0 unspecified atom stereocenters. The van der Waals surface area contributed by atoms with Crippen LogP contribution in [0.1, 0.15) is 46.8 Å². The van der Waals surface area contributed by atoms with E-state index in [2.05, 4.69) is 34.6 Å². The number of hydrogen-bond donors (Lipinski definition) is 2. The van der Waals surface area contributed by atoms with Gasteiger partial charge in [-0.05, 0) is 36.6 Å². The molecule has 0 saturated carbocycles. The fraction of sp³-hybridized carbons (Fsp3) is 0.318. The van der Waals surface area contributed by atoms with Crippen LogP contribution in [0, 0.1) is 0 Å². The van der Waals surface area contributed by atoms with Crippen molar-refractivity contribution in [2.24, 2.45) is 0 Å². The van der Waals surface area contributed by atoms with Crippen molar-refractivity contribution in [2.75, 3.05) is 13.2 Å². The molecule has 1 aromatic heterocycles. The molecule has 1 fully saturated rings. The Kier molecular flexibility index (Phi) is 3.88. The molecular formula is C22H22N2O2. The van der Waals surface area contributed by atoms with Crippen molar-refractivity contribution < 1.29 is 9.53 Å². The van der Waals surface area contributed by atoms with E-state index >= 15 is 0 Å². The van der Waals surface area contributed by atoms with E-state index in [9.17, 15) is 4.79 Å². The van der Waals surface area contributed by atoms with Gasteiger partial charge in [0.25, 0.3) is 0 Å². The van der Waals surface area contributed by atoms with Gasteiger partial charge in [0.15, 0.2) is 5.78 Å². The van der Waals surface area contributed by atoms with Crippen LogP contribution in [0.15, 0.2) is 42.5 Å². The lowest BCUT2D eigenvalue weighted by Crippen LogP contribution is -2.26. The van der Waals surface area contributed by atoms with Gasteiger partial charge in [-0.15, -0.1) is 0 Å². The molecule has 4 nitrogen and oxygen atoms in total. The number of ether oxygens (including phenoxy) is 1. The summed E-state index contributed by atoms with van der Waals surface area (Å²) in [5.41, 5.74) is 6.40. The van der Waals surface area contributed by atoms with Crippen LogP contribution in [-0.4, -0.2) is 23.9 Å². The zero-order valence-corrected chi connectivity index (χ0v) is 14.7. The van der Waals surface area contributed by atoms with Gasteiger partial charge < -0.3 is 15.0 Å². The lowest BCUT2D eigenvalue weighted by Gasteiger charge is -2.24. The first kappa shape index (κ1) is 15.8. The average Bonchev–Trinajstić information content (AvgIpc) is 2.98. The first-order valence-electron chi connectivity index (χ1n) is 9.39. The second-order valence-corrected chi connectivity index (χ2v) is 7.25. The summed E-state index contributed by atoms with van der Waals surface area (Å²) in [4.78, 5) is 15.8. The van der Waals surface area contributed by atoms with Gasteiger partial charge in [-0.25, -0.2) is 0 Å². The second-order valence-electron chi connectivity index (χ2n) is 7.25. The van der Waals surface area contributed by atoms with E-state index in [0.717, 1.165) is 39.8 Å². The van der Waals surface area contributed by atoms with Gasteiger partial charge in [0, 0.05) is 28.1 Å². The summed E-state index contributed by atoms with van der Waals surface area (Å²) in [6.07, 6.45) is 3.77. The first-order valence-corrected chi connectivity index (χ1v) is 9.39. The predicted octanol–water partition coefficient (Wildman–Crippen LogP) is 4.36. The standard InChI is InChI=1S/C22H22N2O2/c25-20-13-26-12-17-21-16(20)4-3-6-19(21)24-22(17)15-9-7-14(8-10-15)18-5-1-2-11-23-18/h3-4,6-10,18,23-24H,1-2,5,11-13H2/t18-/m0/s1. The highest BCUT2D eigenvalue weighted by Crippen LogP contribution is 2.35. The second kappa shape index (κ2) is 6.38. The normalized spacial score (nSPS) is 20.3. The molecule has 4 heteroatoms. The smallest absolute Gasteiger partial charge is 0.189 e. The quantitative estimate of drug-likeness (QED) is 0.725. The lowest BCUT2D eigenvalue weighted by molar-refractivity contribution is 0.0742.